The molecule has 1 amide bonds. The second-order valence-corrected chi connectivity index (χ2v) is 6.26. The third-order valence-electron chi connectivity index (χ3n) is 3.28. The van der Waals surface area contributed by atoms with Crippen molar-refractivity contribution in [3.8, 4) is 0 Å². The van der Waals surface area contributed by atoms with Crippen molar-refractivity contribution in [3.63, 3.8) is 0 Å². The molecule has 1 heterocycles. The quantitative estimate of drug-likeness (QED) is 0.910. The van der Waals surface area contributed by atoms with Gasteiger partial charge >= 0.3 is 5.97 Å². The molecule has 0 aliphatic rings. The molecule has 1 aromatic carbocycles. The molecule has 2 rings (SSSR count). The summed E-state index contributed by atoms with van der Waals surface area (Å²) in [5.41, 5.74) is 1.08. The molecule has 5 heteroatoms. The Kier molecular flexibility index (Phi) is 3.77. The third-order valence-corrected chi connectivity index (χ3v) is 3.28. The highest BCUT2D eigenvalue weighted by Crippen LogP contribution is 2.23. The summed E-state index contributed by atoms with van der Waals surface area (Å²) < 4.78 is 5.47. The van der Waals surface area contributed by atoms with Crippen LogP contribution < -0.4 is 5.32 Å². The Bertz CT molecular complexity index is 694. The normalized spacial score (nSPS) is 13.1. The number of benzene rings is 1. The van der Waals surface area contributed by atoms with E-state index in [-0.39, 0.29) is 5.76 Å². The van der Waals surface area contributed by atoms with Crippen LogP contribution in [0.5, 0.6) is 0 Å². The predicted octanol–water partition coefficient (Wildman–Crippen LogP) is 2.97. The molecule has 2 N–H and O–H groups in total. The van der Waals surface area contributed by atoms with Gasteiger partial charge in [-0.1, -0.05) is 32.4 Å². The molecule has 0 spiro atoms. The fourth-order valence-electron chi connectivity index (χ4n) is 2.13. The van der Waals surface area contributed by atoms with Gasteiger partial charge < -0.3 is 14.8 Å². The fraction of sp³-hybridized carbons (Fsp3) is 0.375. The SMILES string of the molecule is Cc1ccc2oc(C(=O)NC(C(=O)O)C(C)(C)C)cc2c1. The maximum absolute atomic E-state index is 12.2. The molecule has 0 radical (unpaired) electrons. The zero-order valence-corrected chi connectivity index (χ0v) is 12.6. The number of hydrogen-bond acceptors (Lipinski definition) is 3. The lowest BCUT2D eigenvalue weighted by Crippen LogP contribution is -2.49. The molecule has 0 saturated carbocycles. The number of nitrogens with one attached hydrogen (secondary N) is 1. The van der Waals surface area contributed by atoms with Crippen LogP contribution in [0.4, 0.5) is 0 Å². The van der Waals surface area contributed by atoms with E-state index in [0.29, 0.717) is 5.58 Å². The van der Waals surface area contributed by atoms with Gasteiger partial charge in [-0.25, -0.2) is 4.79 Å². The van der Waals surface area contributed by atoms with Gasteiger partial charge in [-0.15, -0.1) is 0 Å². The maximum atomic E-state index is 12.2. The number of fused-ring (bicyclic) bond motifs is 1. The number of furan rings is 1. The molecule has 2 aromatic rings. The van der Waals surface area contributed by atoms with Crippen molar-refractivity contribution in [2.24, 2.45) is 5.41 Å². The Morgan fingerprint density at radius 3 is 2.48 bits per heavy atom. The van der Waals surface area contributed by atoms with Gasteiger partial charge in [0, 0.05) is 5.39 Å². The number of rotatable bonds is 3. The summed E-state index contributed by atoms with van der Waals surface area (Å²) >= 11 is 0. The van der Waals surface area contributed by atoms with Crippen molar-refractivity contribution in [2.75, 3.05) is 0 Å². The summed E-state index contributed by atoms with van der Waals surface area (Å²) in [5.74, 6) is -1.47. The maximum Gasteiger partial charge on any atom is 0.326 e. The molecule has 21 heavy (non-hydrogen) atoms. The number of aryl methyl sites for hydroxylation is 1. The van der Waals surface area contributed by atoms with Crippen LogP contribution in [0.3, 0.4) is 0 Å². The van der Waals surface area contributed by atoms with E-state index in [0.717, 1.165) is 10.9 Å². The van der Waals surface area contributed by atoms with E-state index in [1.54, 1.807) is 32.9 Å². The average molecular weight is 289 g/mol. The van der Waals surface area contributed by atoms with E-state index in [4.69, 9.17) is 4.42 Å². The first-order valence-corrected chi connectivity index (χ1v) is 6.72. The van der Waals surface area contributed by atoms with Gasteiger partial charge in [0.05, 0.1) is 0 Å². The van der Waals surface area contributed by atoms with E-state index in [1.807, 2.05) is 19.1 Å². The number of carbonyl (C=O) groups excluding carboxylic acids is 1. The molecule has 1 aromatic heterocycles. The van der Waals surface area contributed by atoms with Crippen molar-refractivity contribution in [2.45, 2.75) is 33.7 Å². The van der Waals surface area contributed by atoms with Crippen LogP contribution in [-0.2, 0) is 4.79 Å². The molecular formula is C16H19NO4. The average Bonchev–Trinajstić information content (AvgIpc) is 2.76. The Morgan fingerprint density at radius 2 is 1.90 bits per heavy atom. The molecular weight excluding hydrogens is 270 g/mol. The smallest absolute Gasteiger partial charge is 0.326 e. The van der Waals surface area contributed by atoms with Crippen LogP contribution >= 0.6 is 0 Å². The van der Waals surface area contributed by atoms with E-state index >= 15 is 0 Å². The largest absolute Gasteiger partial charge is 0.480 e. The van der Waals surface area contributed by atoms with E-state index < -0.39 is 23.3 Å². The van der Waals surface area contributed by atoms with Gasteiger partial charge in [0.15, 0.2) is 5.76 Å². The first kappa shape index (κ1) is 15.1. The standard InChI is InChI=1S/C16H19NO4/c1-9-5-6-11-10(7-9)8-12(21-11)14(18)17-13(15(19)20)16(2,3)4/h5-8,13H,1-4H3,(H,17,18)(H,19,20). The van der Waals surface area contributed by atoms with Gasteiger partial charge in [0.1, 0.15) is 11.6 Å². The minimum Gasteiger partial charge on any atom is -0.480 e. The van der Waals surface area contributed by atoms with Gasteiger partial charge in [-0.3, -0.25) is 4.79 Å². The van der Waals surface area contributed by atoms with E-state index in [9.17, 15) is 14.7 Å². The predicted molar refractivity (Wildman–Crippen MR) is 79.3 cm³/mol. The molecule has 0 aliphatic carbocycles. The number of carboxylic acids is 1. The number of carboxylic acid groups (broad SMARTS) is 1. The number of hydrogen-bond donors (Lipinski definition) is 2. The number of amides is 1. The third kappa shape index (κ3) is 3.24. The van der Waals surface area contributed by atoms with Crippen molar-refractivity contribution in [3.05, 3.63) is 35.6 Å². The number of carbonyl (C=O) groups is 2. The van der Waals surface area contributed by atoms with Crippen LogP contribution in [0, 0.1) is 12.3 Å². The summed E-state index contributed by atoms with van der Waals surface area (Å²) in [4.78, 5) is 23.5. The molecule has 1 unspecified atom stereocenters. The van der Waals surface area contributed by atoms with E-state index in [2.05, 4.69) is 5.32 Å². The highest BCUT2D eigenvalue weighted by Gasteiger charge is 2.33. The molecule has 5 nitrogen and oxygen atoms in total. The zero-order valence-electron chi connectivity index (χ0n) is 12.6. The molecule has 0 bridgehead atoms. The van der Waals surface area contributed by atoms with Crippen molar-refractivity contribution in [1.82, 2.24) is 5.32 Å². The minimum atomic E-state index is -1.07. The lowest BCUT2D eigenvalue weighted by Gasteiger charge is -2.27. The van der Waals surface area contributed by atoms with Crippen LogP contribution in [-0.4, -0.2) is 23.0 Å². The molecule has 0 fully saturated rings. The summed E-state index contributed by atoms with van der Waals surface area (Å²) in [6.45, 7) is 7.22. The second-order valence-electron chi connectivity index (χ2n) is 6.26. The Labute approximate surface area is 122 Å². The highest BCUT2D eigenvalue weighted by atomic mass is 16.4. The first-order chi connectivity index (χ1) is 9.68. The van der Waals surface area contributed by atoms with Gasteiger partial charge in [-0.05, 0) is 30.5 Å². The fourth-order valence-corrected chi connectivity index (χ4v) is 2.13. The molecule has 0 saturated heterocycles. The zero-order chi connectivity index (χ0) is 15.8. The second kappa shape index (κ2) is 5.24. The lowest BCUT2D eigenvalue weighted by molar-refractivity contribution is -0.142. The van der Waals surface area contributed by atoms with Gasteiger partial charge in [0.2, 0.25) is 0 Å². The van der Waals surface area contributed by atoms with E-state index in [1.165, 1.54) is 0 Å². The summed E-state index contributed by atoms with van der Waals surface area (Å²) in [6.07, 6.45) is 0. The molecule has 1 atom stereocenters. The van der Waals surface area contributed by atoms with Gasteiger partial charge in [0.25, 0.3) is 5.91 Å². The lowest BCUT2D eigenvalue weighted by atomic mass is 9.87. The van der Waals surface area contributed by atoms with Crippen molar-refractivity contribution < 1.29 is 19.1 Å². The Morgan fingerprint density at radius 1 is 1.24 bits per heavy atom. The first-order valence-electron chi connectivity index (χ1n) is 6.72. The minimum absolute atomic E-state index is 0.117. The van der Waals surface area contributed by atoms with Crippen LogP contribution in [0.25, 0.3) is 11.0 Å². The van der Waals surface area contributed by atoms with Crippen LogP contribution in [0.2, 0.25) is 0 Å². The summed E-state index contributed by atoms with van der Waals surface area (Å²) in [6, 6.07) is 6.23. The van der Waals surface area contributed by atoms with Crippen molar-refractivity contribution >= 4 is 22.8 Å². The van der Waals surface area contributed by atoms with Crippen molar-refractivity contribution in [1.29, 1.82) is 0 Å². The molecule has 112 valence electrons. The molecule has 0 aliphatic heterocycles. The Hall–Kier alpha value is -2.30. The Balaban J connectivity index is 2.27. The summed E-state index contributed by atoms with van der Waals surface area (Å²) in [5, 5.41) is 12.6. The van der Waals surface area contributed by atoms with Gasteiger partial charge in [-0.2, -0.15) is 0 Å². The topological polar surface area (TPSA) is 79.5 Å². The monoisotopic (exact) mass is 289 g/mol. The van der Waals surface area contributed by atoms with Crippen LogP contribution in [0.15, 0.2) is 28.7 Å². The van der Waals surface area contributed by atoms with Crippen LogP contribution in [0.1, 0.15) is 36.9 Å². The number of aliphatic carboxylic acids is 1. The highest BCUT2D eigenvalue weighted by molar-refractivity contribution is 5.98. The summed E-state index contributed by atoms with van der Waals surface area (Å²) in [7, 11) is 0.